The number of halogens is 2. The lowest BCUT2D eigenvalue weighted by Crippen LogP contribution is -2.31. The molecule has 9 nitrogen and oxygen atoms in total. The zero-order valence-corrected chi connectivity index (χ0v) is 13.2. The summed E-state index contributed by atoms with van der Waals surface area (Å²) in [4.78, 5) is 39.3. The molecule has 1 saturated heterocycles. The summed E-state index contributed by atoms with van der Waals surface area (Å²) in [6, 6.07) is 2.77. The van der Waals surface area contributed by atoms with Crippen molar-refractivity contribution in [2.24, 2.45) is 0 Å². The van der Waals surface area contributed by atoms with Crippen LogP contribution >= 0.6 is 11.6 Å². The second-order valence-corrected chi connectivity index (χ2v) is 5.28. The van der Waals surface area contributed by atoms with E-state index in [9.17, 15) is 18.8 Å². The minimum absolute atomic E-state index is 0.0256. The van der Waals surface area contributed by atoms with E-state index < -0.39 is 23.6 Å². The summed E-state index contributed by atoms with van der Waals surface area (Å²) in [6.07, 6.45) is 3.14. The number of imide groups is 1. The van der Waals surface area contributed by atoms with Crippen LogP contribution in [-0.2, 0) is 19.2 Å². The van der Waals surface area contributed by atoms with E-state index in [1.807, 2.05) is 0 Å². The number of nitrogens with zero attached hydrogens (tertiary/aromatic N) is 5. The molecule has 0 N–H and O–H groups in total. The highest BCUT2D eigenvalue weighted by Crippen LogP contribution is 2.25. The molecule has 0 bridgehead atoms. The Labute approximate surface area is 144 Å². The van der Waals surface area contributed by atoms with E-state index in [1.54, 1.807) is 0 Å². The van der Waals surface area contributed by atoms with Gasteiger partial charge >= 0.3 is 5.97 Å². The third-order valence-corrected chi connectivity index (χ3v) is 3.57. The standard InChI is InChI=1S/C14H9ClFN5O4/c15-9-2-3-10(20-7-17-18-19-20)8(14(9)16)1-6-13(24)25-21-11(22)4-5-12(21)23/h1-3,6-7H,4-5H2. The van der Waals surface area contributed by atoms with E-state index in [4.69, 9.17) is 11.6 Å². The molecule has 0 atom stereocenters. The number of benzene rings is 1. The summed E-state index contributed by atoms with van der Waals surface area (Å²) in [5.74, 6) is -3.05. The van der Waals surface area contributed by atoms with Gasteiger partial charge in [0.15, 0.2) is 5.82 Å². The van der Waals surface area contributed by atoms with E-state index >= 15 is 0 Å². The maximum Gasteiger partial charge on any atom is 0.356 e. The average molecular weight is 366 g/mol. The number of aromatic nitrogens is 4. The first kappa shape index (κ1) is 16.7. The SMILES string of the molecule is O=C(C=Cc1c(-n2cnnn2)ccc(Cl)c1F)ON1C(=O)CCC1=O. The summed E-state index contributed by atoms with van der Waals surface area (Å²) in [6.45, 7) is 0. The molecule has 3 rings (SSSR count). The van der Waals surface area contributed by atoms with Crippen molar-refractivity contribution in [1.29, 1.82) is 0 Å². The van der Waals surface area contributed by atoms with Gasteiger partial charge in [-0.2, -0.15) is 4.68 Å². The fraction of sp³-hybridized carbons (Fsp3) is 0.143. The third kappa shape index (κ3) is 3.38. The van der Waals surface area contributed by atoms with Gasteiger partial charge in [-0.15, -0.1) is 10.2 Å². The van der Waals surface area contributed by atoms with Crippen LogP contribution < -0.4 is 0 Å². The number of tetrazole rings is 1. The third-order valence-electron chi connectivity index (χ3n) is 3.28. The van der Waals surface area contributed by atoms with Gasteiger partial charge in [0.25, 0.3) is 11.8 Å². The largest absolute Gasteiger partial charge is 0.356 e. The summed E-state index contributed by atoms with van der Waals surface area (Å²) >= 11 is 5.75. The van der Waals surface area contributed by atoms with Crippen LogP contribution in [0, 0.1) is 5.82 Å². The van der Waals surface area contributed by atoms with Crippen LogP contribution in [0.4, 0.5) is 4.39 Å². The molecule has 1 fully saturated rings. The van der Waals surface area contributed by atoms with Crippen molar-refractivity contribution in [3.05, 3.63) is 40.9 Å². The van der Waals surface area contributed by atoms with Crippen LogP contribution in [0.1, 0.15) is 18.4 Å². The fourth-order valence-electron chi connectivity index (χ4n) is 2.12. The molecule has 2 aromatic rings. The number of carbonyl (C=O) groups excluding carboxylic acids is 3. The van der Waals surface area contributed by atoms with Crippen molar-refractivity contribution in [1.82, 2.24) is 25.3 Å². The zero-order chi connectivity index (χ0) is 18.0. The Bertz CT molecular complexity index is 868. The Hall–Kier alpha value is -3.14. The summed E-state index contributed by atoms with van der Waals surface area (Å²) in [7, 11) is 0. The van der Waals surface area contributed by atoms with Crippen LogP contribution in [0.2, 0.25) is 5.02 Å². The van der Waals surface area contributed by atoms with Gasteiger partial charge in [-0.1, -0.05) is 11.6 Å². The van der Waals surface area contributed by atoms with Crippen molar-refractivity contribution >= 4 is 35.5 Å². The first-order valence-corrected chi connectivity index (χ1v) is 7.32. The van der Waals surface area contributed by atoms with E-state index in [0.29, 0.717) is 5.06 Å². The van der Waals surface area contributed by atoms with Gasteiger partial charge in [-0.05, 0) is 28.6 Å². The highest BCUT2D eigenvalue weighted by atomic mass is 35.5. The lowest BCUT2D eigenvalue weighted by Gasteiger charge is -2.11. The number of carbonyl (C=O) groups is 3. The molecule has 2 heterocycles. The fourth-order valence-corrected chi connectivity index (χ4v) is 2.28. The van der Waals surface area contributed by atoms with Gasteiger partial charge in [0.2, 0.25) is 0 Å². The molecular formula is C14H9ClFN5O4. The summed E-state index contributed by atoms with van der Waals surface area (Å²) in [5, 5.41) is 10.8. The molecule has 1 aliphatic heterocycles. The molecule has 0 spiro atoms. The van der Waals surface area contributed by atoms with E-state index in [-0.39, 0.29) is 29.1 Å². The average Bonchev–Trinajstić information content (AvgIpc) is 3.22. The Kier molecular flexibility index (Phi) is 4.52. The summed E-state index contributed by atoms with van der Waals surface area (Å²) < 4.78 is 15.5. The summed E-state index contributed by atoms with van der Waals surface area (Å²) in [5.41, 5.74) is 0.153. The number of hydroxylamine groups is 2. The molecule has 2 amide bonds. The van der Waals surface area contributed by atoms with Gasteiger partial charge < -0.3 is 4.84 Å². The van der Waals surface area contributed by atoms with Gasteiger partial charge in [0.05, 0.1) is 10.7 Å². The van der Waals surface area contributed by atoms with E-state index in [2.05, 4.69) is 20.4 Å². The molecule has 1 aromatic carbocycles. The first-order valence-electron chi connectivity index (χ1n) is 6.94. The minimum atomic E-state index is -1.02. The molecule has 1 aliphatic rings. The van der Waals surface area contributed by atoms with Crippen LogP contribution in [0.15, 0.2) is 24.5 Å². The normalized spacial score (nSPS) is 14.6. The topological polar surface area (TPSA) is 107 Å². The van der Waals surface area contributed by atoms with Crippen LogP contribution in [-0.4, -0.2) is 43.1 Å². The van der Waals surface area contributed by atoms with Gasteiger partial charge in [0.1, 0.15) is 6.33 Å². The van der Waals surface area contributed by atoms with Gasteiger partial charge in [-0.25, -0.2) is 9.18 Å². The number of amides is 2. The lowest BCUT2D eigenvalue weighted by molar-refractivity contribution is -0.193. The zero-order valence-electron chi connectivity index (χ0n) is 12.4. The molecule has 0 aliphatic carbocycles. The Morgan fingerprint density at radius 3 is 2.64 bits per heavy atom. The van der Waals surface area contributed by atoms with Gasteiger partial charge in [-0.3, -0.25) is 9.59 Å². The molecule has 25 heavy (non-hydrogen) atoms. The van der Waals surface area contributed by atoms with Crippen molar-refractivity contribution in [2.45, 2.75) is 12.8 Å². The highest BCUT2D eigenvalue weighted by Gasteiger charge is 2.32. The molecule has 128 valence electrons. The minimum Gasteiger partial charge on any atom is -0.326 e. The van der Waals surface area contributed by atoms with Crippen molar-refractivity contribution < 1.29 is 23.6 Å². The van der Waals surface area contributed by atoms with Gasteiger partial charge in [0, 0.05) is 24.5 Å². The Morgan fingerprint density at radius 1 is 1.28 bits per heavy atom. The van der Waals surface area contributed by atoms with Crippen LogP contribution in [0.3, 0.4) is 0 Å². The molecule has 0 unspecified atom stereocenters. The smallest absolute Gasteiger partial charge is 0.326 e. The lowest BCUT2D eigenvalue weighted by atomic mass is 10.1. The molecular weight excluding hydrogens is 357 g/mol. The number of hydrogen-bond acceptors (Lipinski definition) is 7. The quantitative estimate of drug-likeness (QED) is 0.589. The second kappa shape index (κ2) is 6.77. The second-order valence-electron chi connectivity index (χ2n) is 4.87. The molecule has 11 heteroatoms. The van der Waals surface area contributed by atoms with Crippen molar-refractivity contribution in [3.8, 4) is 5.69 Å². The van der Waals surface area contributed by atoms with Crippen molar-refractivity contribution in [2.75, 3.05) is 0 Å². The number of rotatable bonds is 4. The van der Waals surface area contributed by atoms with Crippen LogP contribution in [0.5, 0.6) is 0 Å². The molecule has 0 saturated carbocycles. The first-order chi connectivity index (χ1) is 12.0. The Balaban J connectivity index is 1.85. The van der Waals surface area contributed by atoms with Crippen molar-refractivity contribution in [3.63, 3.8) is 0 Å². The monoisotopic (exact) mass is 365 g/mol. The predicted octanol–water partition coefficient (Wildman–Crippen LogP) is 1.08. The predicted molar refractivity (Wildman–Crippen MR) is 80.3 cm³/mol. The maximum atomic E-state index is 14.3. The maximum absolute atomic E-state index is 14.3. The van der Waals surface area contributed by atoms with E-state index in [1.165, 1.54) is 23.1 Å². The van der Waals surface area contributed by atoms with E-state index in [0.717, 1.165) is 12.2 Å². The number of hydrogen-bond donors (Lipinski definition) is 0. The highest BCUT2D eigenvalue weighted by molar-refractivity contribution is 6.31. The van der Waals surface area contributed by atoms with Crippen LogP contribution in [0.25, 0.3) is 11.8 Å². The molecule has 1 aromatic heterocycles. The Morgan fingerprint density at radius 2 is 2.00 bits per heavy atom. The molecule has 0 radical (unpaired) electrons.